The van der Waals surface area contributed by atoms with Gasteiger partial charge in [-0.3, -0.25) is 0 Å². The van der Waals surface area contributed by atoms with E-state index in [0.717, 1.165) is 36.6 Å². The van der Waals surface area contributed by atoms with Crippen molar-refractivity contribution in [3.63, 3.8) is 0 Å². The highest BCUT2D eigenvalue weighted by molar-refractivity contribution is 14.1. The lowest BCUT2D eigenvalue weighted by Gasteiger charge is -2.20. The molecule has 2 aromatic rings. The molecule has 0 amide bonds. The molecule has 0 spiro atoms. The molecule has 1 atom stereocenters. The van der Waals surface area contributed by atoms with E-state index >= 15 is 0 Å². The maximum atomic E-state index is 6.33. The van der Waals surface area contributed by atoms with Crippen LogP contribution in [-0.4, -0.2) is 6.54 Å². The molecular formula is C16H15BrCl2IN. The summed E-state index contributed by atoms with van der Waals surface area (Å²) < 4.78 is 2.06. The molecule has 5 heteroatoms. The van der Waals surface area contributed by atoms with Crippen LogP contribution in [0, 0.1) is 3.57 Å². The Bertz CT molecular complexity index is 634. The lowest BCUT2D eigenvalue weighted by molar-refractivity contribution is 0.550. The minimum Gasteiger partial charge on any atom is -0.310 e. The molecule has 0 fully saturated rings. The number of benzene rings is 2. The number of hydrogen-bond acceptors (Lipinski definition) is 1. The van der Waals surface area contributed by atoms with Crippen LogP contribution in [0.2, 0.25) is 10.0 Å². The average Bonchev–Trinajstić information content (AvgIpc) is 2.44. The summed E-state index contributed by atoms with van der Waals surface area (Å²) in [5.41, 5.74) is 2.31. The van der Waals surface area contributed by atoms with Crippen LogP contribution in [0.5, 0.6) is 0 Å². The van der Waals surface area contributed by atoms with E-state index < -0.39 is 0 Å². The van der Waals surface area contributed by atoms with Gasteiger partial charge in [-0.05, 0) is 70.9 Å². The third-order valence-corrected chi connectivity index (χ3v) is 5.65. The second-order valence-corrected chi connectivity index (χ2v) is 7.62. The van der Waals surface area contributed by atoms with Crippen LogP contribution in [0.25, 0.3) is 0 Å². The zero-order valence-corrected chi connectivity index (χ0v) is 16.7. The second-order valence-electron chi connectivity index (χ2n) is 4.72. The summed E-state index contributed by atoms with van der Waals surface area (Å²) in [4.78, 5) is 0. The molecule has 2 aromatic carbocycles. The van der Waals surface area contributed by atoms with Crippen LogP contribution in [0.1, 0.15) is 24.1 Å². The van der Waals surface area contributed by atoms with Crippen LogP contribution in [-0.2, 0) is 6.42 Å². The van der Waals surface area contributed by atoms with Gasteiger partial charge in [0.25, 0.3) is 0 Å². The summed E-state index contributed by atoms with van der Waals surface area (Å²) in [5, 5.41) is 5.08. The first-order valence-corrected chi connectivity index (χ1v) is 9.26. The highest BCUT2D eigenvalue weighted by Crippen LogP contribution is 2.28. The number of likely N-dealkylation sites (N-methyl/N-ethyl adjacent to an activating group) is 1. The third-order valence-electron chi connectivity index (χ3n) is 3.24. The van der Waals surface area contributed by atoms with Crippen molar-refractivity contribution < 1.29 is 0 Å². The molecule has 112 valence electrons. The monoisotopic (exact) mass is 497 g/mol. The quantitative estimate of drug-likeness (QED) is 0.480. The Morgan fingerprint density at radius 2 is 1.90 bits per heavy atom. The third kappa shape index (κ3) is 4.83. The molecule has 2 rings (SSSR count). The Balaban J connectivity index is 2.28. The zero-order valence-electron chi connectivity index (χ0n) is 11.5. The molecule has 0 radical (unpaired) electrons. The van der Waals surface area contributed by atoms with E-state index in [-0.39, 0.29) is 6.04 Å². The van der Waals surface area contributed by atoms with Gasteiger partial charge in [0.05, 0.1) is 5.02 Å². The summed E-state index contributed by atoms with van der Waals surface area (Å²) >= 11 is 18.3. The number of hydrogen-bond donors (Lipinski definition) is 1. The minimum absolute atomic E-state index is 0.197. The molecule has 0 aliphatic heterocycles. The smallest absolute Gasteiger partial charge is 0.0542 e. The Labute approximate surface area is 157 Å². The lowest BCUT2D eigenvalue weighted by Crippen LogP contribution is -2.23. The van der Waals surface area contributed by atoms with Crippen molar-refractivity contribution in [3.05, 3.63) is 65.6 Å². The zero-order chi connectivity index (χ0) is 15.4. The van der Waals surface area contributed by atoms with Gasteiger partial charge in [-0.2, -0.15) is 0 Å². The van der Waals surface area contributed by atoms with Gasteiger partial charge in [-0.25, -0.2) is 0 Å². The van der Waals surface area contributed by atoms with Crippen LogP contribution in [0.15, 0.2) is 40.9 Å². The fourth-order valence-electron chi connectivity index (χ4n) is 2.19. The van der Waals surface area contributed by atoms with Crippen LogP contribution in [0.4, 0.5) is 0 Å². The molecule has 1 N–H and O–H groups in total. The van der Waals surface area contributed by atoms with Gasteiger partial charge in [0, 0.05) is 19.1 Å². The molecule has 1 nitrogen and oxygen atoms in total. The van der Waals surface area contributed by atoms with Crippen molar-refractivity contribution in [3.8, 4) is 0 Å². The number of halogens is 4. The lowest BCUT2D eigenvalue weighted by atomic mass is 9.99. The van der Waals surface area contributed by atoms with E-state index in [1.807, 2.05) is 24.3 Å². The number of rotatable bonds is 5. The van der Waals surface area contributed by atoms with Crippen molar-refractivity contribution in [2.24, 2.45) is 0 Å². The van der Waals surface area contributed by atoms with Crippen molar-refractivity contribution in [2.75, 3.05) is 6.54 Å². The summed E-state index contributed by atoms with van der Waals surface area (Å²) in [6.07, 6.45) is 0.830. The standard InChI is InChI=1S/C16H15BrCl2IN/c1-2-21-16(11-4-6-15(20)14(19)7-11)8-10-3-5-12(17)9-13(10)18/h3-7,9,16,21H,2,8H2,1H3. The molecule has 0 bridgehead atoms. The predicted molar refractivity (Wildman–Crippen MR) is 103 cm³/mol. The van der Waals surface area contributed by atoms with Gasteiger partial charge in [0.2, 0.25) is 0 Å². The van der Waals surface area contributed by atoms with Crippen molar-refractivity contribution in [1.82, 2.24) is 5.32 Å². The molecule has 1 unspecified atom stereocenters. The molecule has 0 saturated carbocycles. The van der Waals surface area contributed by atoms with Crippen LogP contribution < -0.4 is 5.32 Å². The molecular weight excluding hydrogens is 484 g/mol. The second kappa shape index (κ2) is 8.16. The predicted octanol–water partition coefficient (Wildman–Crippen LogP) is 6.25. The van der Waals surface area contributed by atoms with Gasteiger partial charge < -0.3 is 5.32 Å². The summed E-state index contributed by atoms with van der Waals surface area (Å²) in [6, 6.07) is 12.4. The fourth-order valence-corrected chi connectivity index (χ4v) is 3.47. The normalized spacial score (nSPS) is 12.4. The highest BCUT2D eigenvalue weighted by atomic mass is 127. The van der Waals surface area contributed by atoms with Gasteiger partial charge in [-0.15, -0.1) is 0 Å². The van der Waals surface area contributed by atoms with E-state index in [1.165, 1.54) is 5.56 Å². The average molecular weight is 499 g/mol. The van der Waals surface area contributed by atoms with Crippen molar-refractivity contribution in [2.45, 2.75) is 19.4 Å². The Morgan fingerprint density at radius 3 is 2.52 bits per heavy atom. The maximum absolute atomic E-state index is 6.33. The first-order valence-electron chi connectivity index (χ1n) is 6.63. The van der Waals surface area contributed by atoms with E-state index in [0.29, 0.717) is 0 Å². The van der Waals surface area contributed by atoms with Crippen molar-refractivity contribution in [1.29, 1.82) is 0 Å². The largest absolute Gasteiger partial charge is 0.310 e. The van der Waals surface area contributed by atoms with E-state index in [1.54, 1.807) is 0 Å². The Morgan fingerprint density at radius 1 is 1.14 bits per heavy atom. The van der Waals surface area contributed by atoms with E-state index in [2.05, 4.69) is 62.9 Å². The first kappa shape index (κ1) is 17.5. The molecule has 21 heavy (non-hydrogen) atoms. The van der Waals surface area contributed by atoms with E-state index in [9.17, 15) is 0 Å². The molecule has 0 heterocycles. The van der Waals surface area contributed by atoms with Crippen LogP contribution in [0.3, 0.4) is 0 Å². The minimum atomic E-state index is 0.197. The molecule has 0 aromatic heterocycles. The molecule has 0 aliphatic carbocycles. The molecule has 0 aliphatic rings. The van der Waals surface area contributed by atoms with Crippen molar-refractivity contribution >= 4 is 61.7 Å². The van der Waals surface area contributed by atoms with Crippen LogP contribution >= 0.6 is 61.7 Å². The summed E-state index contributed by atoms with van der Waals surface area (Å²) in [7, 11) is 0. The highest BCUT2D eigenvalue weighted by Gasteiger charge is 2.14. The van der Waals surface area contributed by atoms with Gasteiger partial charge in [-0.1, -0.05) is 58.2 Å². The van der Waals surface area contributed by atoms with Gasteiger partial charge >= 0.3 is 0 Å². The maximum Gasteiger partial charge on any atom is 0.0542 e. The van der Waals surface area contributed by atoms with Gasteiger partial charge in [0.1, 0.15) is 0 Å². The fraction of sp³-hybridized carbons (Fsp3) is 0.250. The topological polar surface area (TPSA) is 12.0 Å². The summed E-state index contributed by atoms with van der Waals surface area (Å²) in [5.74, 6) is 0. The van der Waals surface area contributed by atoms with Gasteiger partial charge in [0.15, 0.2) is 0 Å². The van der Waals surface area contributed by atoms with E-state index in [4.69, 9.17) is 23.2 Å². The summed E-state index contributed by atoms with van der Waals surface area (Å²) in [6.45, 7) is 2.99. The number of nitrogens with one attached hydrogen (secondary N) is 1. The SMILES string of the molecule is CCNC(Cc1ccc(Br)cc1Cl)c1ccc(I)c(Cl)c1. The first-order chi connectivity index (χ1) is 10.0. The Kier molecular flexibility index (Phi) is 6.81. The molecule has 0 saturated heterocycles. The Hall–Kier alpha value is 0.190.